The molecule has 4 nitrogen and oxygen atoms in total. The molecule has 1 amide bonds. The van der Waals surface area contributed by atoms with E-state index in [1.807, 2.05) is 13.8 Å². The van der Waals surface area contributed by atoms with E-state index in [1.165, 1.54) is 0 Å². The van der Waals surface area contributed by atoms with Crippen molar-refractivity contribution in [3.05, 3.63) is 0 Å². The molecule has 0 bridgehead atoms. The van der Waals surface area contributed by atoms with E-state index in [9.17, 15) is 9.90 Å². The topological polar surface area (TPSA) is 66.6 Å². The summed E-state index contributed by atoms with van der Waals surface area (Å²) in [6, 6.07) is 0.166. The average molecular weight is 228 g/mol. The summed E-state index contributed by atoms with van der Waals surface area (Å²) in [5, 5.41) is 9.70. The fourth-order valence-corrected chi connectivity index (χ4v) is 2.01. The van der Waals surface area contributed by atoms with Gasteiger partial charge in [-0.3, -0.25) is 4.79 Å². The van der Waals surface area contributed by atoms with Gasteiger partial charge in [-0.1, -0.05) is 6.92 Å². The molecule has 1 heterocycles. The first kappa shape index (κ1) is 13.5. The highest BCUT2D eigenvalue weighted by atomic mass is 16.3. The van der Waals surface area contributed by atoms with Crippen LogP contribution in [0.1, 0.15) is 39.5 Å². The summed E-state index contributed by atoms with van der Waals surface area (Å²) < 4.78 is 0. The molecule has 3 atom stereocenters. The lowest BCUT2D eigenvalue weighted by Crippen LogP contribution is -2.45. The van der Waals surface area contributed by atoms with Crippen LogP contribution in [-0.4, -0.2) is 41.1 Å². The summed E-state index contributed by atoms with van der Waals surface area (Å²) in [7, 11) is 0. The van der Waals surface area contributed by atoms with Crippen molar-refractivity contribution in [1.29, 1.82) is 0 Å². The van der Waals surface area contributed by atoms with Crippen LogP contribution in [0.2, 0.25) is 0 Å². The molecule has 3 unspecified atom stereocenters. The molecule has 0 spiro atoms. The van der Waals surface area contributed by atoms with Crippen LogP contribution in [0.4, 0.5) is 0 Å². The number of nitrogens with zero attached hydrogens (tertiary/aromatic N) is 1. The molecule has 0 radical (unpaired) electrons. The second-order valence-corrected chi connectivity index (χ2v) is 5.04. The number of β-amino-alcohol motifs (C(OH)–C–C–N with tert-alkyl or cyclic N) is 1. The summed E-state index contributed by atoms with van der Waals surface area (Å²) in [6.45, 7) is 5.27. The van der Waals surface area contributed by atoms with E-state index in [1.54, 1.807) is 4.90 Å². The predicted octanol–water partition coefficient (Wildman–Crippen LogP) is 0.733. The standard InChI is InChI=1S/C12H24N2O2/c1-9-6-7-14(8-11(9)15)12(16)5-3-4-10(2)13/h9-11,15H,3-8,13H2,1-2H3. The van der Waals surface area contributed by atoms with Gasteiger partial charge in [-0.2, -0.15) is 0 Å². The fourth-order valence-electron chi connectivity index (χ4n) is 2.01. The van der Waals surface area contributed by atoms with Crippen molar-refractivity contribution in [2.45, 2.75) is 51.7 Å². The predicted molar refractivity (Wildman–Crippen MR) is 63.9 cm³/mol. The highest BCUT2D eigenvalue weighted by Crippen LogP contribution is 2.18. The number of nitrogens with two attached hydrogens (primary N) is 1. The van der Waals surface area contributed by atoms with Gasteiger partial charge >= 0.3 is 0 Å². The highest BCUT2D eigenvalue weighted by Gasteiger charge is 2.26. The first-order valence-corrected chi connectivity index (χ1v) is 6.22. The minimum absolute atomic E-state index is 0.159. The van der Waals surface area contributed by atoms with Crippen LogP contribution in [0.15, 0.2) is 0 Å². The number of carbonyl (C=O) groups is 1. The summed E-state index contributed by atoms with van der Waals surface area (Å²) in [4.78, 5) is 13.6. The normalized spacial score (nSPS) is 27.9. The van der Waals surface area contributed by atoms with Crippen molar-refractivity contribution < 1.29 is 9.90 Å². The van der Waals surface area contributed by atoms with Crippen molar-refractivity contribution in [2.75, 3.05) is 13.1 Å². The molecule has 1 rings (SSSR count). The van der Waals surface area contributed by atoms with Crippen molar-refractivity contribution >= 4 is 5.91 Å². The third-order valence-electron chi connectivity index (χ3n) is 3.32. The molecule has 1 fully saturated rings. The number of carbonyl (C=O) groups excluding carboxylic acids is 1. The second-order valence-electron chi connectivity index (χ2n) is 5.04. The third kappa shape index (κ3) is 4.10. The maximum Gasteiger partial charge on any atom is 0.222 e. The number of hydrogen-bond donors (Lipinski definition) is 2. The number of hydrogen-bond acceptors (Lipinski definition) is 3. The van der Waals surface area contributed by atoms with E-state index in [2.05, 4.69) is 0 Å². The Morgan fingerprint density at radius 3 is 2.88 bits per heavy atom. The van der Waals surface area contributed by atoms with Gasteiger partial charge in [0, 0.05) is 25.6 Å². The van der Waals surface area contributed by atoms with E-state index < -0.39 is 0 Å². The quantitative estimate of drug-likeness (QED) is 0.745. The molecule has 0 aromatic heterocycles. The molecule has 3 N–H and O–H groups in total. The van der Waals surface area contributed by atoms with Crippen molar-refractivity contribution in [3.8, 4) is 0 Å². The third-order valence-corrected chi connectivity index (χ3v) is 3.32. The van der Waals surface area contributed by atoms with Crippen molar-refractivity contribution in [3.63, 3.8) is 0 Å². The van der Waals surface area contributed by atoms with E-state index >= 15 is 0 Å². The second kappa shape index (κ2) is 6.21. The highest BCUT2D eigenvalue weighted by molar-refractivity contribution is 5.76. The molecular weight excluding hydrogens is 204 g/mol. The van der Waals surface area contributed by atoms with Crippen molar-refractivity contribution in [1.82, 2.24) is 4.90 Å². The van der Waals surface area contributed by atoms with Crippen LogP contribution in [-0.2, 0) is 4.79 Å². The lowest BCUT2D eigenvalue weighted by molar-refractivity contribution is -0.135. The van der Waals surface area contributed by atoms with Gasteiger partial charge in [-0.05, 0) is 32.1 Å². The largest absolute Gasteiger partial charge is 0.391 e. The Morgan fingerprint density at radius 1 is 1.62 bits per heavy atom. The van der Waals surface area contributed by atoms with Gasteiger partial charge in [-0.15, -0.1) is 0 Å². The molecule has 0 saturated carbocycles. The average Bonchev–Trinajstić information content (AvgIpc) is 2.21. The summed E-state index contributed by atoms with van der Waals surface area (Å²) in [6.07, 6.45) is 2.84. The van der Waals surface area contributed by atoms with Crippen molar-refractivity contribution in [2.24, 2.45) is 11.7 Å². The summed E-state index contributed by atoms with van der Waals surface area (Å²) in [5.41, 5.74) is 5.63. The first-order chi connectivity index (χ1) is 7.50. The number of rotatable bonds is 4. The molecule has 1 aliphatic heterocycles. The number of aliphatic hydroxyl groups excluding tert-OH is 1. The Hall–Kier alpha value is -0.610. The Bertz CT molecular complexity index is 231. The van der Waals surface area contributed by atoms with Crippen LogP contribution in [0.5, 0.6) is 0 Å². The summed E-state index contributed by atoms with van der Waals surface area (Å²) in [5.74, 6) is 0.472. The SMILES string of the molecule is CC(N)CCCC(=O)N1CCC(C)C(O)C1. The molecule has 0 aliphatic carbocycles. The molecule has 16 heavy (non-hydrogen) atoms. The maximum atomic E-state index is 11.8. The minimum atomic E-state index is -0.355. The minimum Gasteiger partial charge on any atom is -0.391 e. The number of piperidine rings is 1. The maximum absolute atomic E-state index is 11.8. The molecule has 0 aromatic rings. The van der Waals surface area contributed by atoms with Gasteiger partial charge < -0.3 is 15.7 Å². The van der Waals surface area contributed by atoms with Crippen LogP contribution >= 0.6 is 0 Å². The van der Waals surface area contributed by atoms with Gasteiger partial charge in [0.1, 0.15) is 0 Å². The number of likely N-dealkylation sites (tertiary alicyclic amines) is 1. The Kier molecular flexibility index (Phi) is 5.22. The van der Waals surface area contributed by atoms with Crippen LogP contribution in [0.25, 0.3) is 0 Å². The molecule has 94 valence electrons. The van der Waals surface area contributed by atoms with Gasteiger partial charge in [0.2, 0.25) is 5.91 Å². The lowest BCUT2D eigenvalue weighted by atomic mass is 9.96. The van der Waals surface area contributed by atoms with Crippen LogP contribution in [0.3, 0.4) is 0 Å². The van der Waals surface area contributed by atoms with E-state index in [-0.39, 0.29) is 18.1 Å². The Labute approximate surface area is 97.8 Å². The molecule has 0 aromatic carbocycles. The molecular formula is C12H24N2O2. The van der Waals surface area contributed by atoms with Gasteiger partial charge in [0.05, 0.1) is 6.10 Å². The molecule has 1 aliphatic rings. The zero-order valence-electron chi connectivity index (χ0n) is 10.4. The van der Waals surface area contributed by atoms with Gasteiger partial charge in [0.15, 0.2) is 0 Å². The smallest absolute Gasteiger partial charge is 0.222 e. The Morgan fingerprint density at radius 2 is 2.31 bits per heavy atom. The zero-order valence-corrected chi connectivity index (χ0v) is 10.4. The van der Waals surface area contributed by atoms with Crippen LogP contribution in [0, 0.1) is 5.92 Å². The van der Waals surface area contributed by atoms with Crippen LogP contribution < -0.4 is 5.73 Å². The van der Waals surface area contributed by atoms with E-state index in [0.29, 0.717) is 18.9 Å². The molecule has 1 saturated heterocycles. The Balaban J connectivity index is 2.26. The number of aliphatic hydroxyl groups is 1. The van der Waals surface area contributed by atoms with E-state index in [4.69, 9.17) is 5.73 Å². The van der Waals surface area contributed by atoms with E-state index in [0.717, 1.165) is 25.8 Å². The zero-order chi connectivity index (χ0) is 12.1. The lowest BCUT2D eigenvalue weighted by Gasteiger charge is -2.34. The summed E-state index contributed by atoms with van der Waals surface area (Å²) >= 11 is 0. The molecule has 4 heteroatoms. The fraction of sp³-hybridized carbons (Fsp3) is 0.917. The first-order valence-electron chi connectivity index (χ1n) is 6.22. The monoisotopic (exact) mass is 228 g/mol. The number of amides is 1. The van der Waals surface area contributed by atoms with Gasteiger partial charge in [-0.25, -0.2) is 0 Å². The van der Waals surface area contributed by atoms with Gasteiger partial charge in [0.25, 0.3) is 0 Å².